The molecule has 1 fully saturated rings. The number of hydrogen-bond acceptors (Lipinski definition) is 10. The fourth-order valence-corrected chi connectivity index (χ4v) is 7.14. The van der Waals surface area contributed by atoms with Crippen LogP contribution < -0.4 is 26.8 Å². The quantitative estimate of drug-likeness (QED) is 0.110. The van der Waals surface area contributed by atoms with Crippen LogP contribution in [0.3, 0.4) is 0 Å². The summed E-state index contributed by atoms with van der Waals surface area (Å²) in [7, 11) is 0. The van der Waals surface area contributed by atoms with E-state index in [1.165, 1.54) is 11.3 Å². The van der Waals surface area contributed by atoms with Crippen LogP contribution in [0.4, 0.5) is 11.9 Å². The van der Waals surface area contributed by atoms with Crippen molar-refractivity contribution in [3.8, 4) is 5.75 Å². The molecule has 5 aromatic heterocycles. The SMILES string of the molecule is CCn1nc(C)cc1C(=O)Nc1nc2cc(C(N)=O)sc2n1C/C=C/Cn1c(NC(=O)c2cc(C)nn2CC)nc2cc(C(N)=O)cc(OCC3CC3)c21. The standard InChI is InChI=1S/C36H40N12O5S/c1-5-47-25(13-19(3)43-47)32(51)41-35-39-23-15-22(30(37)49)16-27(53-18-21-9-10-21)29(23)45(35)11-7-8-12-46-34-24(17-28(54-34)31(38)50)40-36(46)42-33(52)26-14-20(4)44-48(26)6-2/h7-8,13-17,21H,5-6,9-12,18H2,1-4H3,(H2,37,49)(H2,38,50)(H,39,41,51)(H,40,42,52)/b8-7+. The predicted molar refractivity (Wildman–Crippen MR) is 203 cm³/mol. The topological polar surface area (TPSA) is 225 Å². The summed E-state index contributed by atoms with van der Waals surface area (Å²) >= 11 is 1.17. The van der Waals surface area contributed by atoms with Gasteiger partial charge in [-0.05, 0) is 76.8 Å². The molecule has 6 N–H and O–H groups in total. The van der Waals surface area contributed by atoms with Gasteiger partial charge in [0.1, 0.15) is 33.0 Å². The number of thiophene rings is 1. The molecule has 6 aromatic rings. The number of ether oxygens (including phenoxy) is 1. The van der Waals surface area contributed by atoms with Crippen molar-refractivity contribution in [3.63, 3.8) is 0 Å². The van der Waals surface area contributed by atoms with Crippen LogP contribution in [-0.4, -0.2) is 68.9 Å². The third-order valence-electron chi connectivity index (χ3n) is 8.99. The Kier molecular flexibility index (Phi) is 9.76. The first-order valence-electron chi connectivity index (χ1n) is 17.6. The molecule has 1 aliphatic carbocycles. The minimum Gasteiger partial charge on any atom is -0.491 e. The lowest BCUT2D eigenvalue weighted by atomic mass is 10.1. The molecule has 0 unspecified atom stereocenters. The van der Waals surface area contributed by atoms with Gasteiger partial charge in [-0.2, -0.15) is 10.2 Å². The number of carbonyl (C=O) groups is 4. The fourth-order valence-electron chi connectivity index (χ4n) is 6.18. The summed E-state index contributed by atoms with van der Waals surface area (Å²) in [6, 6.07) is 8.19. The number of nitrogens with zero attached hydrogens (tertiary/aromatic N) is 8. The maximum Gasteiger partial charge on any atom is 0.276 e. The molecule has 0 saturated heterocycles. The Morgan fingerprint density at radius 2 is 1.39 bits per heavy atom. The van der Waals surface area contributed by atoms with E-state index in [9.17, 15) is 19.2 Å². The molecule has 4 amide bonds. The molecule has 0 spiro atoms. The Balaban J connectivity index is 1.24. The highest BCUT2D eigenvalue weighted by molar-refractivity contribution is 7.20. The van der Waals surface area contributed by atoms with Gasteiger partial charge in [0.15, 0.2) is 0 Å². The summed E-state index contributed by atoms with van der Waals surface area (Å²) in [5.74, 6) is -0.647. The lowest BCUT2D eigenvalue weighted by Crippen LogP contribution is -2.20. The van der Waals surface area contributed by atoms with Gasteiger partial charge < -0.3 is 20.8 Å². The van der Waals surface area contributed by atoms with Gasteiger partial charge in [0.2, 0.25) is 17.8 Å². The van der Waals surface area contributed by atoms with Crippen LogP contribution >= 0.6 is 11.3 Å². The molecule has 1 aromatic carbocycles. The number of anilines is 2. The molecule has 1 saturated carbocycles. The number of aromatic nitrogens is 8. The van der Waals surface area contributed by atoms with Crippen LogP contribution in [0.5, 0.6) is 5.75 Å². The van der Waals surface area contributed by atoms with E-state index in [1.807, 2.05) is 39.8 Å². The predicted octanol–water partition coefficient (Wildman–Crippen LogP) is 4.24. The van der Waals surface area contributed by atoms with Gasteiger partial charge >= 0.3 is 0 Å². The van der Waals surface area contributed by atoms with Crippen LogP contribution in [0.1, 0.15) is 79.1 Å². The number of carbonyl (C=O) groups excluding carboxylic acids is 4. The van der Waals surface area contributed by atoms with E-state index in [0.29, 0.717) is 80.4 Å². The zero-order valence-electron chi connectivity index (χ0n) is 30.3. The van der Waals surface area contributed by atoms with E-state index in [1.54, 1.807) is 48.8 Å². The second-order valence-electron chi connectivity index (χ2n) is 13.1. The third kappa shape index (κ3) is 7.19. The van der Waals surface area contributed by atoms with Crippen LogP contribution in [0, 0.1) is 19.8 Å². The molecule has 0 radical (unpaired) electrons. The molecular weight excluding hydrogens is 713 g/mol. The Labute approximate surface area is 313 Å². The molecule has 0 bridgehead atoms. The van der Waals surface area contributed by atoms with E-state index in [2.05, 4.69) is 25.8 Å². The van der Waals surface area contributed by atoms with E-state index in [0.717, 1.165) is 12.8 Å². The number of primary amides is 2. The monoisotopic (exact) mass is 752 g/mol. The van der Waals surface area contributed by atoms with Crippen molar-refractivity contribution in [1.29, 1.82) is 0 Å². The second-order valence-corrected chi connectivity index (χ2v) is 14.1. The third-order valence-corrected chi connectivity index (χ3v) is 10.2. The molecule has 1 aliphatic rings. The molecule has 0 atom stereocenters. The number of nitrogens with two attached hydrogens (primary N) is 2. The number of allylic oxidation sites excluding steroid dienone is 2. The summed E-state index contributed by atoms with van der Waals surface area (Å²) in [4.78, 5) is 61.7. The number of aryl methyl sites for hydroxylation is 4. The highest BCUT2D eigenvalue weighted by atomic mass is 32.1. The number of rotatable bonds is 15. The number of benzene rings is 1. The van der Waals surface area contributed by atoms with Crippen molar-refractivity contribution in [2.75, 3.05) is 17.2 Å². The lowest BCUT2D eigenvalue weighted by Gasteiger charge is -2.13. The minimum absolute atomic E-state index is 0.222. The Hall–Kier alpha value is -6.30. The highest BCUT2D eigenvalue weighted by Gasteiger charge is 2.26. The van der Waals surface area contributed by atoms with E-state index in [4.69, 9.17) is 21.2 Å². The van der Waals surface area contributed by atoms with Crippen LogP contribution in [0.15, 0.2) is 42.5 Å². The smallest absolute Gasteiger partial charge is 0.276 e. The molecule has 17 nitrogen and oxygen atoms in total. The first-order chi connectivity index (χ1) is 25.9. The summed E-state index contributed by atoms with van der Waals surface area (Å²) < 4.78 is 13.1. The molecule has 18 heteroatoms. The van der Waals surface area contributed by atoms with Crippen LogP contribution in [0.25, 0.3) is 21.4 Å². The molecule has 7 rings (SSSR count). The second kappa shape index (κ2) is 14.6. The summed E-state index contributed by atoms with van der Waals surface area (Å²) in [6.07, 6.45) is 5.86. The van der Waals surface area contributed by atoms with E-state index in [-0.39, 0.29) is 36.5 Å². The van der Waals surface area contributed by atoms with Gasteiger partial charge in [-0.1, -0.05) is 12.2 Å². The zero-order valence-corrected chi connectivity index (χ0v) is 31.1. The summed E-state index contributed by atoms with van der Waals surface area (Å²) in [6.45, 7) is 9.36. The average Bonchev–Trinajstić information content (AvgIpc) is 3.42. The van der Waals surface area contributed by atoms with E-state index < -0.39 is 17.7 Å². The maximum atomic E-state index is 13.6. The molecule has 280 valence electrons. The van der Waals surface area contributed by atoms with Gasteiger partial charge in [0.25, 0.3) is 17.7 Å². The van der Waals surface area contributed by atoms with Crippen LogP contribution in [-0.2, 0) is 26.2 Å². The number of nitrogens with one attached hydrogen (secondary N) is 2. The Morgan fingerprint density at radius 1 is 0.815 bits per heavy atom. The van der Waals surface area contributed by atoms with Gasteiger partial charge in [-0.3, -0.25) is 43.7 Å². The zero-order chi connectivity index (χ0) is 38.3. The number of amides is 4. The first kappa shape index (κ1) is 36.1. The largest absolute Gasteiger partial charge is 0.491 e. The van der Waals surface area contributed by atoms with E-state index >= 15 is 0 Å². The van der Waals surface area contributed by atoms with Gasteiger partial charge in [-0.25, -0.2) is 9.97 Å². The molecule has 5 heterocycles. The highest BCUT2D eigenvalue weighted by Crippen LogP contribution is 2.35. The average molecular weight is 753 g/mol. The van der Waals surface area contributed by atoms with Crippen LogP contribution in [0.2, 0.25) is 0 Å². The molecule has 54 heavy (non-hydrogen) atoms. The summed E-state index contributed by atoms with van der Waals surface area (Å²) in [5, 5.41) is 14.6. The molecule has 0 aliphatic heterocycles. The first-order valence-corrected chi connectivity index (χ1v) is 18.4. The lowest BCUT2D eigenvalue weighted by molar-refractivity contribution is 0.0993. The summed E-state index contributed by atoms with van der Waals surface area (Å²) in [5.41, 5.74) is 15.2. The van der Waals surface area contributed by atoms with Crippen molar-refractivity contribution in [2.45, 2.75) is 66.7 Å². The maximum absolute atomic E-state index is 13.6. The Bertz CT molecular complexity index is 2480. The van der Waals surface area contributed by atoms with Crippen molar-refractivity contribution in [2.24, 2.45) is 17.4 Å². The van der Waals surface area contributed by atoms with Crippen molar-refractivity contribution < 1.29 is 23.9 Å². The number of fused-ring (bicyclic) bond motifs is 2. The fraction of sp³-hybridized carbons (Fsp3) is 0.333. The minimum atomic E-state index is -0.632. The Morgan fingerprint density at radius 3 is 1.94 bits per heavy atom. The van der Waals surface area contributed by atoms with Gasteiger partial charge in [-0.15, -0.1) is 11.3 Å². The molecular formula is C36H40N12O5S. The number of imidazole rings is 2. The van der Waals surface area contributed by atoms with Gasteiger partial charge in [0, 0.05) is 31.7 Å². The van der Waals surface area contributed by atoms with Crippen molar-refractivity contribution >= 4 is 68.2 Å². The van der Waals surface area contributed by atoms with Crippen molar-refractivity contribution in [1.82, 2.24) is 38.7 Å². The normalized spacial score (nSPS) is 13.0. The number of hydrogen-bond donors (Lipinski definition) is 4. The van der Waals surface area contributed by atoms with Gasteiger partial charge in [0.05, 0.1) is 28.4 Å². The van der Waals surface area contributed by atoms with Crippen molar-refractivity contribution in [3.05, 3.63) is 75.7 Å².